The van der Waals surface area contributed by atoms with Crippen LogP contribution in [0.3, 0.4) is 0 Å². The number of hydrogen-bond acceptors (Lipinski definition) is 1. The lowest BCUT2D eigenvalue weighted by Gasteiger charge is -2.03. The van der Waals surface area contributed by atoms with Crippen LogP contribution in [0, 0.1) is 17.5 Å². The van der Waals surface area contributed by atoms with Gasteiger partial charge in [-0.3, -0.25) is 4.79 Å². The van der Waals surface area contributed by atoms with E-state index in [1.807, 2.05) is 0 Å². The van der Waals surface area contributed by atoms with Crippen molar-refractivity contribution in [1.82, 2.24) is 0 Å². The molecule has 0 saturated carbocycles. The van der Waals surface area contributed by atoms with E-state index in [-0.39, 0.29) is 16.1 Å². The summed E-state index contributed by atoms with van der Waals surface area (Å²) in [4.78, 5) is 11.9. The summed E-state index contributed by atoms with van der Waals surface area (Å²) in [6.07, 6.45) is 0. The minimum Gasteiger partial charge on any atom is -0.288 e. The number of carbonyl (C=O) groups excluding carboxylic acids is 1. The molecule has 0 fully saturated rings. The first kappa shape index (κ1) is 12.6. The van der Waals surface area contributed by atoms with E-state index in [4.69, 9.17) is 11.6 Å². The van der Waals surface area contributed by atoms with Crippen molar-refractivity contribution >= 4 is 17.4 Å². The molecule has 0 aromatic heterocycles. The molecule has 5 heteroatoms. The molecule has 0 amide bonds. The Bertz CT molecular complexity index is 626. The minimum absolute atomic E-state index is 0.130. The van der Waals surface area contributed by atoms with Gasteiger partial charge in [0.2, 0.25) is 0 Å². The second-order valence-corrected chi connectivity index (χ2v) is 4.02. The van der Waals surface area contributed by atoms with Crippen LogP contribution in [0.1, 0.15) is 15.9 Å². The van der Waals surface area contributed by atoms with Crippen LogP contribution in [0.4, 0.5) is 13.2 Å². The standard InChI is InChI=1S/C13H6ClF3O/c14-8-2-3-9(11(16)6-8)13(18)7-1-4-10(15)12(17)5-7/h1-6H. The van der Waals surface area contributed by atoms with Gasteiger partial charge in [-0.1, -0.05) is 11.6 Å². The molecule has 0 heterocycles. The molecule has 2 rings (SSSR count). The average Bonchev–Trinajstić information content (AvgIpc) is 2.32. The Hall–Kier alpha value is -1.81. The first-order valence-electron chi connectivity index (χ1n) is 4.94. The first-order chi connectivity index (χ1) is 8.49. The van der Waals surface area contributed by atoms with E-state index >= 15 is 0 Å². The molecule has 0 spiro atoms. The van der Waals surface area contributed by atoms with E-state index in [9.17, 15) is 18.0 Å². The van der Waals surface area contributed by atoms with E-state index in [2.05, 4.69) is 0 Å². The number of ketones is 1. The maximum absolute atomic E-state index is 13.5. The predicted molar refractivity (Wildman–Crippen MR) is 61.2 cm³/mol. The summed E-state index contributed by atoms with van der Waals surface area (Å²) in [5.74, 6) is -3.77. The van der Waals surface area contributed by atoms with E-state index in [1.54, 1.807) is 0 Å². The second-order valence-electron chi connectivity index (χ2n) is 3.58. The zero-order chi connectivity index (χ0) is 13.3. The van der Waals surface area contributed by atoms with Crippen LogP contribution >= 0.6 is 11.6 Å². The van der Waals surface area contributed by atoms with Gasteiger partial charge in [-0.2, -0.15) is 0 Å². The van der Waals surface area contributed by atoms with Gasteiger partial charge in [-0.15, -0.1) is 0 Å². The van der Waals surface area contributed by atoms with Crippen molar-refractivity contribution in [2.24, 2.45) is 0 Å². The molecule has 2 aromatic rings. The highest BCUT2D eigenvalue weighted by Crippen LogP contribution is 2.19. The van der Waals surface area contributed by atoms with Crippen molar-refractivity contribution in [2.75, 3.05) is 0 Å². The fourth-order valence-electron chi connectivity index (χ4n) is 1.47. The topological polar surface area (TPSA) is 17.1 Å². The summed E-state index contributed by atoms with van der Waals surface area (Å²) < 4.78 is 39.2. The van der Waals surface area contributed by atoms with Crippen LogP contribution in [0.25, 0.3) is 0 Å². The molecule has 18 heavy (non-hydrogen) atoms. The number of benzene rings is 2. The Balaban J connectivity index is 2.44. The van der Waals surface area contributed by atoms with Gasteiger partial charge in [0, 0.05) is 10.6 Å². The Kier molecular flexibility index (Phi) is 3.39. The van der Waals surface area contributed by atoms with Gasteiger partial charge in [0.25, 0.3) is 0 Å². The Morgan fingerprint density at radius 3 is 2.22 bits per heavy atom. The quantitative estimate of drug-likeness (QED) is 0.754. The van der Waals surface area contributed by atoms with E-state index in [1.165, 1.54) is 12.1 Å². The van der Waals surface area contributed by atoms with Gasteiger partial charge < -0.3 is 0 Å². The first-order valence-corrected chi connectivity index (χ1v) is 5.31. The molecule has 0 saturated heterocycles. The monoisotopic (exact) mass is 270 g/mol. The fourth-order valence-corrected chi connectivity index (χ4v) is 1.63. The van der Waals surface area contributed by atoms with Crippen molar-refractivity contribution in [3.05, 3.63) is 70.0 Å². The molecular weight excluding hydrogens is 265 g/mol. The largest absolute Gasteiger partial charge is 0.288 e. The van der Waals surface area contributed by atoms with Crippen molar-refractivity contribution in [3.63, 3.8) is 0 Å². The lowest BCUT2D eigenvalue weighted by atomic mass is 10.0. The van der Waals surface area contributed by atoms with Crippen LogP contribution in [0.5, 0.6) is 0 Å². The molecule has 0 N–H and O–H groups in total. The van der Waals surface area contributed by atoms with E-state index in [0.29, 0.717) is 0 Å². The zero-order valence-electron chi connectivity index (χ0n) is 8.88. The lowest BCUT2D eigenvalue weighted by Crippen LogP contribution is -2.05. The summed E-state index contributed by atoms with van der Waals surface area (Å²) in [6.45, 7) is 0. The predicted octanol–water partition coefficient (Wildman–Crippen LogP) is 3.99. The van der Waals surface area contributed by atoms with Crippen molar-refractivity contribution < 1.29 is 18.0 Å². The van der Waals surface area contributed by atoms with Gasteiger partial charge in [-0.25, -0.2) is 13.2 Å². The Morgan fingerprint density at radius 1 is 0.889 bits per heavy atom. The summed E-state index contributed by atoms with van der Waals surface area (Å²) in [6, 6.07) is 6.16. The maximum Gasteiger partial charge on any atom is 0.196 e. The summed E-state index contributed by atoms with van der Waals surface area (Å²) in [5.41, 5.74) is -0.375. The molecule has 0 aliphatic heterocycles. The molecule has 0 unspecified atom stereocenters. The molecule has 1 nitrogen and oxygen atoms in total. The van der Waals surface area contributed by atoms with Crippen LogP contribution in [0.2, 0.25) is 5.02 Å². The molecule has 2 aromatic carbocycles. The van der Waals surface area contributed by atoms with E-state index < -0.39 is 23.2 Å². The van der Waals surface area contributed by atoms with Crippen molar-refractivity contribution in [2.45, 2.75) is 0 Å². The summed E-state index contributed by atoms with van der Waals surface area (Å²) in [5, 5.41) is 0.148. The van der Waals surface area contributed by atoms with E-state index in [0.717, 1.165) is 24.3 Å². The molecule has 0 atom stereocenters. The van der Waals surface area contributed by atoms with Gasteiger partial charge >= 0.3 is 0 Å². The van der Waals surface area contributed by atoms with Crippen LogP contribution < -0.4 is 0 Å². The molecule has 92 valence electrons. The highest BCUT2D eigenvalue weighted by molar-refractivity contribution is 6.30. The van der Waals surface area contributed by atoms with Gasteiger partial charge in [0.15, 0.2) is 17.4 Å². The normalized spacial score (nSPS) is 10.4. The van der Waals surface area contributed by atoms with Crippen molar-refractivity contribution in [1.29, 1.82) is 0 Å². The summed E-state index contributed by atoms with van der Waals surface area (Å²) in [7, 11) is 0. The number of halogens is 4. The van der Waals surface area contributed by atoms with Gasteiger partial charge in [0.1, 0.15) is 5.82 Å². The highest BCUT2D eigenvalue weighted by Gasteiger charge is 2.16. The summed E-state index contributed by atoms with van der Waals surface area (Å²) >= 11 is 5.55. The Morgan fingerprint density at radius 2 is 1.61 bits per heavy atom. The van der Waals surface area contributed by atoms with Crippen molar-refractivity contribution in [3.8, 4) is 0 Å². The minimum atomic E-state index is -1.16. The average molecular weight is 271 g/mol. The second kappa shape index (κ2) is 4.82. The highest BCUT2D eigenvalue weighted by atomic mass is 35.5. The molecule has 0 radical (unpaired) electrons. The SMILES string of the molecule is O=C(c1ccc(F)c(F)c1)c1ccc(Cl)cc1F. The Labute approximate surface area is 106 Å². The zero-order valence-corrected chi connectivity index (χ0v) is 9.64. The molecule has 0 aliphatic carbocycles. The maximum atomic E-state index is 13.5. The third kappa shape index (κ3) is 2.38. The lowest BCUT2D eigenvalue weighted by molar-refractivity contribution is 0.103. The van der Waals surface area contributed by atoms with Gasteiger partial charge in [-0.05, 0) is 36.4 Å². The third-order valence-corrected chi connectivity index (χ3v) is 2.59. The molecule has 0 bridgehead atoms. The van der Waals surface area contributed by atoms with Gasteiger partial charge in [0.05, 0.1) is 5.56 Å². The van der Waals surface area contributed by atoms with Crippen LogP contribution in [0.15, 0.2) is 36.4 Å². The number of hydrogen-bond donors (Lipinski definition) is 0. The molecule has 0 aliphatic rings. The van der Waals surface area contributed by atoms with Crippen LogP contribution in [-0.2, 0) is 0 Å². The third-order valence-electron chi connectivity index (χ3n) is 2.36. The number of carbonyl (C=O) groups is 1. The fraction of sp³-hybridized carbons (Fsp3) is 0. The smallest absolute Gasteiger partial charge is 0.196 e. The van der Waals surface area contributed by atoms with Crippen LogP contribution in [-0.4, -0.2) is 5.78 Å². The molecular formula is C13H6ClF3O. The number of rotatable bonds is 2.